The van der Waals surface area contributed by atoms with Crippen LogP contribution in [0.5, 0.6) is 0 Å². The average molecular weight is 463 g/mol. The molecule has 1 aliphatic heterocycles. The molecule has 2 aromatic rings. The van der Waals surface area contributed by atoms with Crippen LogP contribution in [-0.4, -0.2) is 41.9 Å². The van der Waals surface area contributed by atoms with Gasteiger partial charge in [-0.25, -0.2) is 13.4 Å². The van der Waals surface area contributed by atoms with Crippen molar-refractivity contribution >= 4 is 37.9 Å². The van der Waals surface area contributed by atoms with E-state index in [2.05, 4.69) is 42.3 Å². The van der Waals surface area contributed by atoms with Gasteiger partial charge in [-0.3, -0.25) is 0 Å². The molecule has 2 unspecified atom stereocenters. The molecule has 1 aliphatic carbocycles. The summed E-state index contributed by atoms with van der Waals surface area (Å²) in [4.78, 5) is 6.18. The fourth-order valence-electron chi connectivity index (χ4n) is 4.25. The van der Waals surface area contributed by atoms with Crippen LogP contribution in [0.4, 0.5) is 5.13 Å². The van der Waals surface area contributed by atoms with Gasteiger partial charge in [0.1, 0.15) is 5.25 Å². The predicted octanol–water partition coefficient (Wildman–Crippen LogP) is 5.30. The van der Waals surface area contributed by atoms with Gasteiger partial charge < -0.3 is 4.90 Å². The second-order valence-corrected chi connectivity index (χ2v) is 12.4. The maximum atomic E-state index is 13.3. The standard InChI is InChI=1S/C23H27ClN2O2S2/c1-16-7-8-17(2)19(14-16)20-15-29-22(25-20)26-12-9-18(10-13-26)30(27,28)21-6-4-5-11-23(21,3)24/h4-8,11,14-15,18,21H,9-10,12-13H2,1-3H3. The van der Waals surface area contributed by atoms with Crippen molar-refractivity contribution < 1.29 is 8.42 Å². The average Bonchev–Trinajstić information content (AvgIpc) is 3.19. The summed E-state index contributed by atoms with van der Waals surface area (Å²) in [5, 5.41) is 2.01. The van der Waals surface area contributed by atoms with Crippen LogP contribution in [0.25, 0.3) is 11.3 Å². The van der Waals surface area contributed by atoms with Crippen LogP contribution in [0.15, 0.2) is 47.9 Å². The van der Waals surface area contributed by atoms with Crippen LogP contribution >= 0.6 is 22.9 Å². The normalized spacial score (nSPS) is 25.1. The first kappa shape index (κ1) is 21.6. The van der Waals surface area contributed by atoms with Crippen molar-refractivity contribution in [1.29, 1.82) is 0 Å². The molecule has 160 valence electrons. The zero-order chi connectivity index (χ0) is 21.5. The van der Waals surface area contributed by atoms with E-state index in [1.165, 1.54) is 11.1 Å². The minimum atomic E-state index is -3.36. The number of aromatic nitrogens is 1. The van der Waals surface area contributed by atoms with Crippen LogP contribution < -0.4 is 4.90 Å². The van der Waals surface area contributed by atoms with Gasteiger partial charge >= 0.3 is 0 Å². The molecule has 2 heterocycles. The van der Waals surface area contributed by atoms with Gasteiger partial charge in [0.05, 0.1) is 15.8 Å². The Morgan fingerprint density at radius 2 is 1.93 bits per heavy atom. The Morgan fingerprint density at radius 3 is 2.63 bits per heavy atom. The lowest BCUT2D eigenvalue weighted by molar-refractivity contribution is 0.518. The number of alkyl halides is 1. The summed E-state index contributed by atoms with van der Waals surface area (Å²) in [6, 6.07) is 6.41. The third-order valence-electron chi connectivity index (χ3n) is 6.07. The molecule has 0 amide bonds. The smallest absolute Gasteiger partial charge is 0.185 e. The lowest BCUT2D eigenvalue weighted by atomic mass is 10.0. The van der Waals surface area contributed by atoms with Gasteiger partial charge in [-0.15, -0.1) is 22.9 Å². The summed E-state index contributed by atoms with van der Waals surface area (Å²) in [5.74, 6) is 0. The van der Waals surface area contributed by atoms with Crippen molar-refractivity contribution in [3.05, 3.63) is 59.0 Å². The van der Waals surface area contributed by atoms with Crippen molar-refractivity contribution in [3.63, 3.8) is 0 Å². The molecule has 7 heteroatoms. The van der Waals surface area contributed by atoms with E-state index in [0.29, 0.717) is 25.9 Å². The second-order valence-electron chi connectivity index (χ2n) is 8.42. The minimum absolute atomic E-state index is 0.369. The van der Waals surface area contributed by atoms with Gasteiger partial charge in [0, 0.05) is 24.0 Å². The number of hydrogen-bond donors (Lipinski definition) is 0. The predicted molar refractivity (Wildman–Crippen MR) is 128 cm³/mol. The number of hydrogen-bond acceptors (Lipinski definition) is 5. The maximum Gasteiger partial charge on any atom is 0.185 e. The Hall–Kier alpha value is -1.63. The number of aryl methyl sites for hydroxylation is 2. The zero-order valence-electron chi connectivity index (χ0n) is 17.5. The molecule has 0 bridgehead atoms. The van der Waals surface area contributed by atoms with E-state index in [0.717, 1.165) is 16.4 Å². The Kier molecular flexibility index (Phi) is 5.86. The molecule has 1 fully saturated rings. The first-order valence-corrected chi connectivity index (χ1v) is 13.1. The fourth-order valence-corrected chi connectivity index (χ4v) is 7.96. The summed E-state index contributed by atoms with van der Waals surface area (Å²) in [6.45, 7) is 7.34. The van der Waals surface area contributed by atoms with Gasteiger partial charge in [0.2, 0.25) is 0 Å². The molecular formula is C23H27ClN2O2S2. The molecule has 1 aromatic heterocycles. The number of nitrogens with zero attached hydrogens (tertiary/aromatic N) is 2. The van der Waals surface area contributed by atoms with Crippen LogP contribution in [0.1, 0.15) is 30.9 Å². The summed E-state index contributed by atoms with van der Waals surface area (Å²) >= 11 is 8.14. The van der Waals surface area contributed by atoms with Gasteiger partial charge in [-0.1, -0.05) is 42.0 Å². The van der Waals surface area contributed by atoms with E-state index in [-0.39, 0.29) is 5.25 Å². The zero-order valence-corrected chi connectivity index (χ0v) is 19.9. The molecule has 4 rings (SSSR count). The van der Waals surface area contributed by atoms with Crippen LogP contribution in [0.2, 0.25) is 0 Å². The molecule has 4 nitrogen and oxygen atoms in total. The van der Waals surface area contributed by atoms with Crippen molar-refractivity contribution in [3.8, 4) is 11.3 Å². The van der Waals surface area contributed by atoms with Gasteiger partial charge in [-0.2, -0.15) is 0 Å². The number of benzene rings is 1. The number of halogens is 1. The number of allylic oxidation sites excluding steroid dienone is 3. The molecule has 0 N–H and O–H groups in total. The monoisotopic (exact) mass is 462 g/mol. The van der Waals surface area contributed by atoms with Crippen molar-refractivity contribution in [2.24, 2.45) is 0 Å². The Morgan fingerprint density at radius 1 is 1.20 bits per heavy atom. The molecule has 0 radical (unpaired) electrons. The molecular weight excluding hydrogens is 436 g/mol. The molecule has 30 heavy (non-hydrogen) atoms. The van der Waals surface area contributed by atoms with Crippen molar-refractivity contribution in [2.45, 2.75) is 49.0 Å². The van der Waals surface area contributed by atoms with Crippen molar-refractivity contribution in [2.75, 3.05) is 18.0 Å². The molecule has 0 spiro atoms. The van der Waals surface area contributed by atoms with Crippen molar-refractivity contribution in [1.82, 2.24) is 4.98 Å². The summed E-state index contributed by atoms with van der Waals surface area (Å²) in [5.41, 5.74) is 4.58. The summed E-state index contributed by atoms with van der Waals surface area (Å²) in [6.07, 6.45) is 8.30. The highest BCUT2D eigenvalue weighted by molar-refractivity contribution is 7.93. The van der Waals surface area contributed by atoms with E-state index in [1.807, 2.05) is 6.08 Å². The van der Waals surface area contributed by atoms with Gasteiger partial charge in [-0.05, 0) is 45.2 Å². The molecule has 0 saturated carbocycles. The SMILES string of the molecule is Cc1ccc(C)c(-c2csc(N3CCC(S(=O)(=O)C4C=CC=CC4(C)Cl)CC3)n2)c1. The highest BCUT2D eigenvalue weighted by Crippen LogP contribution is 2.36. The van der Waals surface area contributed by atoms with E-state index in [9.17, 15) is 8.42 Å². The number of sulfone groups is 1. The topological polar surface area (TPSA) is 50.3 Å². The second kappa shape index (κ2) is 8.13. The summed E-state index contributed by atoms with van der Waals surface area (Å²) < 4.78 is 26.5. The molecule has 1 aromatic carbocycles. The number of piperidine rings is 1. The lowest BCUT2D eigenvalue weighted by Crippen LogP contribution is -2.47. The number of anilines is 1. The Balaban J connectivity index is 1.47. The van der Waals surface area contributed by atoms with Crippen LogP contribution in [0.3, 0.4) is 0 Å². The lowest BCUT2D eigenvalue weighted by Gasteiger charge is -2.36. The third kappa shape index (κ3) is 4.10. The molecule has 2 atom stereocenters. The summed E-state index contributed by atoms with van der Waals surface area (Å²) in [7, 11) is -3.36. The minimum Gasteiger partial charge on any atom is -0.348 e. The van der Waals surface area contributed by atoms with E-state index in [1.54, 1.807) is 36.5 Å². The quantitative estimate of drug-likeness (QED) is 0.578. The van der Waals surface area contributed by atoms with E-state index in [4.69, 9.17) is 16.6 Å². The maximum absolute atomic E-state index is 13.3. The highest BCUT2D eigenvalue weighted by atomic mass is 35.5. The van der Waals surface area contributed by atoms with E-state index < -0.39 is 20.0 Å². The first-order chi connectivity index (χ1) is 14.2. The van der Waals surface area contributed by atoms with E-state index >= 15 is 0 Å². The number of thiazole rings is 1. The Bertz CT molecular complexity index is 1090. The van der Waals surface area contributed by atoms with Crippen LogP contribution in [-0.2, 0) is 9.84 Å². The third-order valence-corrected chi connectivity index (χ3v) is 10.2. The largest absolute Gasteiger partial charge is 0.348 e. The van der Waals surface area contributed by atoms with Gasteiger partial charge in [0.25, 0.3) is 0 Å². The number of rotatable bonds is 4. The first-order valence-electron chi connectivity index (χ1n) is 10.2. The van der Waals surface area contributed by atoms with Gasteiger partial charge in [0.15, 0.2) is 15.0 Å². The molecule has 2 aliphatic rings. The van der Waals surface area contributed by atoms with Crippen LogP contribution in [0, 0.1) is 13.8 Å². The fraction of sp³-hybridized carbons (Fsp3) is 0.435. The Labute approximate surface area is 188 Å². The molecule has 1 saturated heterocycles. The highest BCUT2D eigenvalue weighted by Gasteiger charge is 2.44.